The van der Waals surface area contributed by atoms with E-state index in [0.29, 0.717) is 11.8 Å². The van der Waals surface area contributed by atoms with Crippen LogP contribution in [0.1, 0.15) is 51.4 Å². The van der Waals surface area contributed by atoms with Crippen molar-refractivity contribution < 1.29 is 4.79 Å². The molecule has 0 aromatic carbocycles. The van der Waals surface area contributed by atoms with Crippen molar-refractivity contribution in [3.05, 3.63) is 0 Å². The highest BCUT2D eigenvalue weighted by Crippen LogP contribution is 2.21. The van der Waals surface area contributed by atoms with E-state index in [2.05, 4.69) is 9.80 Å². The number of nitrogens with zero attached hydrogens (tertiary/aromatic N) is 2. The molecule has 2 rings (SSSR count). The fraction of sp³-hybridized carbons (Fsp3) is 0.938. The van der Waals surface area contributed by atoms with E-state index in [0.717, 1.165) is 45.3 Å². The average Bonchev–Trinajstić information content (AvgIpc) is 3.10. The Morgan fingerprint density at radius 3 is 2.55 bits per heavy atom. The first kappa shape index (κ1) is 15.8. The molecule has 0 aromatic rings. The van der Waals surface area contributed by atoms with Crippen molar-refractivity contribution in [2.45, 2.75) is 51.4 Å². The minimum atomic E-state index is 0.377. The number of carbonyl (C=O) groups is 1. The van der Waals surface area contributed by atoms with Gasteiger partial charge < -0.3 is 15.5 Å². The number of hydrogen-bond acceptors (Lipinski definition) is 3. The van der Waals surface area contributed by atoms with E-state index in [4.69, 9.17) is 5.73 Å². The van der Waals surface area contributed by atoms with Gasteiger partial charge in [0.2, 0.25) is 5.91 Å². The number of unbranched alkanes of at least 4 members (excludes halogenated alkanes) is 3. The number of carbonyl (C=O) groups excluding carboxylic acids is 1. The quantitative estimate of drug-likeness (QED) is 0.691. The summed E-state index contributed by atoms with van der Waals surface area (Å²) in [5.74, 6) is 1.09. The lowest BCUT2D eigenvalue weighted by molar-refractivity contribution is -0.130. The van der Waals surface area contributed by atoms with Crippen LogP contribution in [0.25, 0.3) is 0 Å². The van der Waals surface area contributed by atoms with Gasteiger partial charge in [-0.15, -0.1) is 0 Å². The third kappa shape index (κ3) is 5.06. The van der Waals surface area contributed by atoms with Crippen molar-refractivity contribution in [3.63, 3.8) is 0 Å². The van der Waals surface area contributed by atoms with Gasteiger partial charge >= 0.3 is 0 Å². The number of rotatable bonds is 8. The van der Waals surface area contributed by atoms with Crippen molar-refractivity contribution in [2.75, 3.05) is 39.3 Å². The molecule has 1 atom stereocenters. The molecular weight excluding hydrogens is 250 g/mol. The monoisotopic (exact) mass is 281 g/mol. The molecule has 20 heavy (non-hydrogen) atoms. The largest absolute Gasteiger partial charge is 0.342 e. The first-order valence-corrected chi connectivity index (χ1v) is 8.50. The van der Waals surface area contributed by atoms with Crippen LogP contribution in [0.15, 0.2) is 0 Å². The summed E-state index contributed by atoms with van der Waals surface area (Å²) in [6.07, 6.45) is 9.10. The summed E-state index contributed by atoms with van der Waals surface area (Å²) in [5, 5.41) is 0. The normalized spacial score (nSPS) is 23.6. The van der Waals surface area contributed by atoms with E-state index in [1.165, 1.54) is 45.3 Å². The van der Waals surface area contributed by atoms with E-state index in [-0.39, 0.29) is 0 Å². The molecular formula is C16H31N3O. The van der Waals surface area contributed by atoms with Crippen LogP contribution in [0, 0.1) is 5.92 Å². The van der Waals surface area contributed by atoms with Crippen LogP contribution >= 0.6 is 0 Å². The van der Waals surface area contributed by atoms with Gasteiger partial charge in [0.1, 0.15) is 0 Å². The van der Waals surface area contributed by atoms with Gasteiger partial charge in [-0.2, -0.15) is 0 Å². The van der Waals surface area contributed by atoms with E-state index < -0.39 is 0 Å². The molecule has 2 heterocycles. The molecule has 4 heteroatoms. The molecule has 2 aliphatic rings. The SMILES string of the molecule is NCCCCCCC(=O)N1CCC(CN2CCCC2)C1. The Labute approximate surface area is 123 Å². The minimum Gasteiger partial charge on any atom is -0.342 e. The fourth-order valence-corrected chi connectivity index (χ4v) is 3.47. The zero-order valence-electron chi connectivity index (χ0n) is 12.9. The molecule has 0 spiro atoms. The molecule has 0 saturated carbocycles. The fourth-order valence-electron chi connectivity index (χ4n) is 3.47. The van der Waals surface area contributed by atoms with Gasteiger partial charge in [0.25, 0.3) is 0 Å². The Bertz CT molecular complexity index is 289. The number of likely N-dealkylation sites (tertiary alicyclic amines) is 2. The van der Waals surface area contributed by atoms with E-state index in [1.54, 1.807) is 0 Å². The summed E-state index contributed by atoms with van der Waals surface area (Å²) < 4.78 is 0. The molecule has 0 aliphatic carbocycles. The third-order valence-corrected chi connectivity index (χ3v) is 4.70. The molecule has 0 bridgehead atoms. The van der Waals surface area contributed by atoms with Crippen LogP contribution in [0.4, 0.5) is 0 Å². The van der Waals surface area contributed by atoms with Gasteiger partial charge in [0, 0.05) is 26.1 Å². The van der Waals surface area contributed by atoms with E-state index in [1.807, 2.05) is 0 Å². The van der Waals surface area contributed by atoms with Crippen molar-refractivity contribution in [3.8, 4) is 0 Å². The highest BCUT2D eigenvalue weighted by molar-refractivity contribution is 5.76. The average molecular weight is 281 g/mol. The molecule has 1 unspecified atom stereocenters. The summed E-state index contributed by atoms with van der Waals surface area (Å²) in [5.41, 5.74) is 5.47. The van der Waals surface area contributed by atoms with Crippen molar-refractivity contribution in [1.82, 2.24) is 9.80 Å². The number of hydrogen-bond donors (Lipinski definition) is 1. The Balaban J connectivity index is 1.58. The van der Waals surface area contributed by atoms with Gasteiger partial charge in [-0.1, -0.05) is 12.8 Å². The molecule has 2 fully saturated rings. The molecule has 0 aromatic heterocycles. The van der Waals surface area contributed by atoms with Crippen LogP contribution < -0.4 is 5.73 Å². The lowest BCUT2D eigenvalue weighted by Crippen LogP contribution is -2.31. The molecule has 116 valence electrons. The minimum absolute atomic E-state index is 0.377. The van der Waals surface area contributed by atoms with Gasteiger partial charge in [0.05, 0.1) is 0 Å². The molecule has 4 nitrogen and oxygen atoms in total. The Morgan fingerprint density at radius 2 is 1.80 bits per heavy atom. The van der Waals surface area contributed by atoms with Gasteiger partial charge in [-0.05, 0) is 57.7 Å². The summed E-state index contributed by atoms with van der Waals surface area (Å²) in [6, 6.07) is 0. The summed E-state index contributed by atoms with van der Waals surface area (Å²) in [7, 11) is 0. The predicted molar refractivity (Wildman–Crippen MR) is 82.5 cm³/mol. The Hall–Kier alpha value is -0.610. The Morgan fingerprint density at radius 1 is 1.05 bits per heavy atom. The number of amides is 1. The van der Waals surface area contributed by atoms with Crippen molar-refractivity contribution in [2.24, 2.45) is 11.7 Å². The van der Waals surface area contributed by atoms with Crippen molar-refractivity contribution >= 4 is 5.91 Å². The smallest absolute Gasteiger partial charge is 0.222 e. The summed E-state index contributed by atoms with van der Waals surface area (Å²) >= 11 is 0. The lowest BCUT2D eigenvalue weighted by atomic mass is 10.1. The zero-order chi connectivity index (χ0) is 14.2. The first-order valence-electron chi connectivity index (χ1n) is 8.50. The molecule has 2 N–H and O–H groups in total. The molecule has 0 radical (unpaired) electrons. The second kappa shape index (κ2) is 8.63. The molecule has 2 aliphatic heterocycles. The third-order valence-electron chi connectivity index (χ3n) is 4.70. The van der Waals surface area contributed by atoms with Crippen LogP contribution in [0.2, 0.25) is 0 Å². The summed E-state index contributed by atoms with van der Waals surface area (Å²) in [4.78, 5) is 16.8. The lowest BCUT2D eigenvalue weighted by Gasteiger charge is -2.20. The van der Waals surface area contributed by atoms with Gasteiger partial charge in [0.15, 0.2) is 0 Å². The van der Waals surface area contributed by atoms with E-state index in [9.17, 15) is 4.79 Å². The highest BCUT2D eigenvalue weighted by Gasteiger charge is 2.27. The first-order chi connectivity index (χ1) is 9.79. The number of nitrogens with two attached hydrogens (primary N) is 1. The van der Waals surface area contributed by atoms with E-state index >= 15 is 0 Å². The summed E-state index contributed by atoms with van der Waals surface area (Å²) in [6.45, 7) is 6.51. The second-order valence-corrected chi connectivity index (χ2v) is 6.46. The highest BCUT2D eigenvalue weighted by atomic mass is 16.2. The maximum absolute atomic E-state index is 12.1. The maximum Gasteiger partial charge on any atom is 0.222 e. The van der Waals surface area contributed by atoms with Gasteiger partial charge in [-0.25, -0.2) is 0 Å². The van der Waals surface area contributed by atoms with Crippen molar-refractivity contribution in [1.29, 1.82) is 0 Å². The van der Waals surface area contributed by atoms with Crippen LogP contribution in [0.5, 0.6) is 0 Å². The zero-order valence-corrected chi connectivity index (χ0v) is 12.9. The van der Waals surface area contributed by atoms with Crippen LogP contribution in [0.3, 0.4) is 0 Å². The molecule has 1 amide bonds. The standard InChI is InChI=1S/C16H31N3O/c17-9-4-2-1-3-7-16(20)19-12-8-15(14-19)13-18-10-5-6-11-18/h15H,1-14,17H2. The Kier molecular flexibility index (Phi) is 6.80. The van der Waals surface area contributed by atoms with Gasteiger partial charge in [-0.3, -0.25) is 4.79 Å². The van der Waals surface area contributed by atoms with Crippen LogP contribution in [-0.4, -0.2) is 55.0 Å². The topological polar surface area (TPSA) is 49.6 Å². The second-order valence-electron chi connectivity index (χ2n) is 6.46. The van der Waals surface area contributed by atoms with Crippen LogP contribution in [-0.2, 0) is 4.79 Å². The predicted octanol–water partition coefficient (Wildman–Crippen LogP) is 1.84. The molecule has 2 saturated heterocycles. The maximum atomic E-state index is 12.1.